The van der Waals surface area contributed by atoms with Crippen LogP contribution in [0.4, 0.5) is 0 Å². The quantitative estimate of drug-likeness (QED) is 0.568. The van der Waals surface area contributed by atoms with E-state index in [4.69, 9.17) is 16.3 Å². The molecule has 2 amide bonds. The van der Waals surface area contributed by atoms with Crippen LogP contribution in [-0.4, -0.2) is 35.5 Å². The second-order valence-corrected chi connectivity index (χ2v) is 7.40. The number of halogens is 1. The Hall–Kier alpha value is -3.23. The molecule has 0 spiro atoms. The van der Waals surface area contributed by atoms with E-state index in [1.807, 2.05) is 18.2 Å². The number of nitrogens with one attached hydrogen (secondary N) is 1. The average molecular weight is 444 g/mol. The number of thiazole rings is 1. The fourth-order valence-corrected chi connectivity index (χ4v) is 3.43. The third kappa shape index (κ3) is 6.13. The minimum Gasteiger partial charge on any atom is -0.454 e. The van der Waals surface area contributed by atoms with Gasteiger partial charge in [-0.25, -0.2) is 0 Å². The number of nitrogens with zero attached hydrogens (tertiary/aromatic N) is 2. The van der Waals surface area contributed by atoms with E-state index in [2.05, 4.69) is 10.3 Å². The van der Waals surface area contributed by atoms with Crippen LogP contribution in [0.3, 0.4) is 0 Å². The minimum atomic E-state index is -0.724. The highest BCUT2D eigenvalue weighted by Gasteiger charge is 2.11. The zero-order valence-electron chi connectivity index (χ0n) is 15.8. The number of aromatic nitrogens is 1. The number of rotatable bonds is 7. The zero-order chi connectivity index (χ0) is 21.3. The molecule has 0 bridgehead atoms. The third-order valence-corrected chi connectivity index (χ3v) is 5.13. The van der Waals surface area contributed by atoms with Crippen molar-refractivity contribution >= 4 is 40.7 Å². The van der Waals surface area contributed by atoms with E-state index in [1.165, 1.54) is 11.3 Å². The predicted octanol–water partition coefficient (Wildman–Crippen LogP) is 2.65. The minimum absolute atomic E-state index is 0.341. The molecule has 9 heteroatoms. The third-order valence-electron chi connectivity index (χ3n) is 3.96. The first-order chi connectivity index (χ1) is 14.5. The summed E-state index contributed by atoms with van der Waals surface area (Å²) >= 11 is 7.46. The molecule has 3 aromatic rings. The number of benzene rings is 2. The Morgan fingerprint density at radius 1 is 1.07 bits per heavy atom. The monoisotopic (exact) mass is 443 g/mol. The Bertz CT molecular complexity index is 1110. The van der Waals surface area contributed by atoms with Crippen LogP contribution in [0.2, 0.25) is 5.02 Å². The second kappa shape index (κ2) is 10.5. The molecule has 3 rings (SSSR count). The zero-order valence-corrected chi connectivity index (χ0v) is 17.4. The van der Waals surface area contributed by atoms with Gasteiger partial charge in [0, 0.05) is 22.2 Å². The van der Waals surface area contributed by atoms with Gasteiger partial charge in [0.15, 0.2) is 11.4 Å². The molecule has 0 unspecified atom stereocenters. The maximum absolute atomic E-state index is 12.1. The SMILES string of the molecule is O=C(COC(=O)CNC(=O)c1ccccc1)N=c1sccn1Cc1ccccc1Cl. The Morgan fingerprint density at radius 3 is 2.57 bits per heavy atom. The first-order valence-corrected chi connectivity index (χ1v) is 10.2. The van der Waals surface area contributed by atoms with E-state index in [-0.39, 0.29) is 6.54 Å². The summed E-state index contributed by atoms with van der Waals surface area (Å²) in [6, 6.07) is 15.9. The Morgan fingerprint density at radius 2 is 1.80 bits per heavy atom. The van der Waals surface area contributed by atoms with E-state index < -0.39 is 24.4 Å². The molecule has 7 nitrogen and oxygen atoms in total. The van der Waals surface area contributed by atoms with Crippen LogP contribution in [0.25, 0.3) is 0 Å². The van der Waals surface area contributed by atoms with Crippen LogP contribution in [0.1, 0.15) is 15.9 Å². The number of carbonyl (C=O) groups excluding carboxylic acids is 3. The van der Waals surface area contributed by atoms with Crippen molar-refractivity contribution in [3.05, 3.63) is 87.1 Å². The molecule has 1 N–H and O–H groups in total. The molecule has 30 heavy (non-hydrogen) atoms. The topological polar surface area (TPSA) is 89.8 Å². The Balaban J connectivity index is 1.51. The molecule has 1 heterocycles. The van der Waals surface area contributed by atoms with Crippen LogP contribution in [-0.2, 0) is 20.9 Å². The van der Waals surface area contributed by atoms with Gasteiger partial charge in [0.05, 0.1) is 6.54 Å². The molecule has 0 saturated heterocycles. The number of esters is 1. The van der Waals surface area contributed by atoms with E-state index >= 15 is 0 Å². The van der Waals surface area contributed by atoms with Gasteiger partial charge in [0.2, 0.25) is 0 Å². The highest BCUT2D eigenvalue weighted by Crippen LogP contribution is 2.15. The highest BCUT2D eigenvalue weighted by atomic mass is 35.5. The molecule has 0 fully saturated rings. The van der Waals surface area contributed by atoms with Gasteiger partial charge in [-0.2, -0.15) is 4.99 Å². The number of ether oxygens (including phenoxy) is 1. The average Bonchev–Trinajstić information content (AvgIpc) is 3.19. The van der Waals surface area contributed by atoms with Gasteiger partial charge in [-0.3, -0.25) is 14.4 Å². The maximum atomic E-state index is 12.1. The lowest BCUT2D eigenvalue weighted by Gasteiger charge is -2.06. The van der Waals surface area contributed by atoms with E-state index in [0.29, 0.717) is 21.9 Å². The van der Waals surface area contributed by atoms with E-state index in [9.17, 15) is 14.4 Å². The van der Waals surface area contributed by atoms with Crippen molar-refractivity contribution < 1.29 is 19.1 Å². The van der Waals surface area contributed by atoms with Crippen LogP contribution in [0.5, 0.6) is 0 Å². The van der Waals surface area contributed by atoms with Gasteiger partial charge < -0.3 is 14.6 Å². The normalized spacial score (nSPS) is 11.2. The lowest BCUT2D eigenvalue weighted by molar-refractivity contribution is -0.146. The van der Waals surface area contributed by atoms with E-state index in [0.717, 1.165) is 5.56 Å². The van der Waals surface area contributed by atoms with Crippen molar-refractivity contribution in [1.29, 1.82) is 0 Å². The lowest BCUT2D eigenvalue weighted by Crippen LogP contribution is -2.31. The maximum Gasteiger partial charge on any atom is 0.325 e. The lowest BCUT2D eigenvalue weighted by atomic mass is 10.2. The fourth-order valence-electron chi connectivity index (χ4n) is 2.49. The molecule has 0 aliphatic carbocycles. The highest BCUT2D eigenvalue weighted by molar-refractivity contribution is 7.07. The molecular formula is C21H18ClN3O4S. The molecule has 0 atom stereocenters. The van der Waals surface area contributed by atoms with Crippen molar-refractivity contribution in [3.8, 4) is 0 Å². The summed E-state index contributed by atoms with van der Waals surface area (Å²) in [6.45, 7) is -0.392. The molecule has 0 saturated carbocycles. The standard InChI is InChI=1S/C21H18ClN3O4S/c22-17-9-5-4-8-16(17)13-25-10-11-30-21(25)24-18(26)14-29-19(27)12-23-20(28)15-6-2-1-3-7-15/h1-11H,12-14H2,(H,23,28). The summed E-state index contributed by atoms with van der Waals surface area (Å²) in [6.07, 6.45) is 1.80. The molecular weight excluding hydrogens is 426 g/mol. The van der Waals surface area contributed by atoms with Gasteiger partial charge in [-0.05, 0) is 23.8 Å². The fraction of sp³-hybridized carbons (Fsp3) is 0.143. The van der Waals surface area contributed by atoms with Crippen molar-refractivity contribution in [2.24, 2.45) is 4.99 Å². The summed E-state index contributed by atoms with van der Waals surface area (Å²) in [7, 11) is 0. The van der Waals surface area contributed by atoms with Crippen molar-refractivity contribution in [2.75, 3.05) is 13.2 Å². The molecule has 2 aromatic carbocycles. The summed E-state index contributed by atoms with van der Waals surface area (Å²) in [4.78, 5) is 40.2. The number of amides is 2. The Labute approximate surface area is 181 Å². The van der Waals surface area contributed by atoms with Crippen LogP contribution in [0, 0.1) is 0 Å². The summed E-state index contributed by atoms with van der Waals surface area (Å²) in [5, 5.41) is 4.86. The molecule has 0 aliphatic rings. The van der Waals surface area contributed by atoms with Gasteiger partial charge in [0.1, 0.15) is 6.54 Å². The predicted molar refractivity (Wildman–Crippen MR) is 113 cm³/mol. The van der Waals surface area contributed by atoms with Gasteiger partial charge in [-0.1, -0.05) is 48.0 Å². The second-order valence-electron chi connectivity index (χ2n) is 6.12. The van der Waals surface area contributed by atoms with Crippen molar-refractivity contribution in [3.63, 3.8) is 0 Å². The number of carbonyl (C=O) groups is 3. The van der Waals surface area contributed by atoms with Crippen LogP contribution in [0.15, 0.2) is 71.2 Å². The van der Waals surface area contributed by atoms with Gasteiger partial charge in [0.25, 0.3) is 11.8 Å². The van der Waals surface area contributed by atoms with Gasteiger partial charge in [-0.15, -0.1) is 11.3 Å². The summed E-state index contributed by atoms with van der Waals surface area (Å²) < 4.78 is 6.68. The molecule has 1 aromatic heterocycles. The van der Waals surface area contributed by atoms with Crippen LogP contribution < -0.4 is 10.1 Å². The van der Waals surface area contributed by atoms with E-state index in [1.54, 1.807) is 52.5 Å². The first-order valence-electron chi connectivity index (χ1n) is 8.96. The largest absolute Gasteiger partial charge is 0.454 e. The Kier molecular flexibility index (Phi) is 7.53. The van der Waals surface area contributed by atoms with Crippen LogP contribution >= 0.6 is 22.9 Å². The first kappa shape index (κ1) is 21.5. The van der Waals surface area contributed by atoms with Crippen molar-refractivity contribution in [1.82, 2.24) is 9.88 Å². The molecule has 0 radical (unpaired) electrons. The van der Waals surface area contributed by atoms with Gasteiger partial charge >= 0.3 is 5.97 Å². The summed E-state index contributed by atoms with van der Waals surface area (Å²) in [5.74, 6) is -1.73. The number of hydrogen-bond acceptors (Lipinski definition) is 5. The molecule has 0 aliphatic heterocycles. The molecule has 154 valence electrons. The number of hydrogen-bond donors (Lipinski definition) is 1. The van der Waals surface area contributed by atoms with Crippen molar-refractivity contribution in [2.45, 2.75) is 6.54 Å². The summed E-state index contributed by atoms with van der Waals surface area (Å²) in [5.41, 5.74) is 1.32. The smallest absolute Gasteiger partial charge is 0.325 e.